The number of hydrogen-bond donors (Lipinski definition) is 1. The van der Waals surface area contributed by atoms with Crippen LogP contribution in [-0.4, -0.2) is 12.6 Å². The minimum Gasteiger partial charge on any atom is -0.337 e. The lowest BCUT2D eigenvalue weighted by Gasteiger charge is -2.23. The summed E-state index contributed by atoms with van der Waals surface area (Å²) in [4.78, 5) is 14.6. The second-order valence-electron chi connectivity index (χ2n) is 6.02. The Balaban J connectivity index is 1.66. The van der Waals surface area contributed by atoms with E-state index in [1.165, 1.54) is 5.56 Å². The first-order valence-electron chi connectivity index (χ1n) is 8.61. The first-order chi connectivity index (χ1) is 12.7. The van der Waals surface area contributed by atoms with Crippen molar-refractivity contribution in [2.45, 2.75) is 13.0 Å². The predicted molar refractivity (Wildman–Crippen MR) is 110 cm³/mol. The lowest BCUT2D eigenvalue weighted by molar-refractivity contribution is 0.246. The van der Waals surface area contributed by atoms with Crippen molar-refractivity contribution in [1.29, 1.82) is 0 Å². The van der Waals surface area contributed by atoms with Gasteiger partial charge in [-0.15, -0.1) is 0 Å². The molecule has 26 heavy (non-hydrogen) atoms. The lowest BCUT2D eigenvalue weighted by atomic mass is 10.1. The minimum absolute atomic E-state index is 0.0879. The maximum absolute atomic E-state index is 12.8. The van der Waals surface area contributed by atoms with Gasteiger partial charge in [-0.3, -0.25) is 4.90 Å². The van der Waals surface area contributed by atoms with Gasteiger partial charge < -0.3 is 5.32 Å². The summed E-state index contributed by atoms with van der Waals surface area (Å²) in [5.41, 5.74) is 3.17. The van der Waals surface area contributed by atoms with Crippen LogP contribution in [0.15, 0.2) is 89.4 Å². The van der Waals surface area contributed by atoms with Crippen LogP contribution in [0.1, 0.15) is 11.1 Å². The fourth-order valence-corrected chi connectivity index (χ4v) is 3.20. The Morgan fingerprint density at radius 2 is 1.50 bits per heavy atom. The molecule has 132 valence electrons. The van der Waals surface area contributed by atoms with Crippen LogP contribution >= 0.6 is 15.9 Å². The van der Waals surface area contributed by atoms with Gasteiger partial charge in [0.25, 0.3) is 0 Å². The Morgan fingerprint density at radius 3 is 2.19 bits per heavy atom. The molecule has 2 amide bonds. The summed E-state index contributed by atoms with van der Waals surface area (Å²) in [6.45, 7) is 1.13. The molecule has 0 aliphatic carbocycles. The van der Waals surface area contributed by atoms with E-state index in [0.717, 1.165) is 22.1 Å². The normalized spacial score (nSPS) is 10.3. The Kier molecular flexibility index (Phi) is 6.45. The Labute approximate surface area is 162 Å². The number of nitrogens with one attached hydrogen (secondary N) is 1. The third-order valence-corrected chi connectivity index (χ3v) is 4.57. The van der Waals surface area contributed by atoms with Gasteiger partial charge in [0, 0.05) is 16.7 Å². The smallest absolute Gasteiger partial charge is 0.322 e. The standard InChI is InChI=1S/C22H21BrN2O/c23-20-11-7-10-18(16-20)14-15-24-22(26)25(21-12-5-2-6-13-21)17-19-8-3-1-4-9-19/h1-13,16H,14-15,17H2,(H,24,26). The van der Waals surface area contributed by atoms with Gasteiger partial charge >= 0.3 is 6.03 Å². The number of anilines is 1. The summed E-state index contributed by atoms with van der Waals surface area (Å²) in [5.74, 6) is 0. The molecule has 3 aromatic rings. The van der Waals surface area contributed by atoms with Crippen LogP contribution in [-0.2, 0) is 13.0 Å². The molecule has 3 rings (SSSR count). The van der Waals surface area contributed by atoms with E-state index in [-0.39, 0.29) is 6.03 Å². The minimum atomic E-state index is -0.0879. The average Bonchev–Trinajstić information content (AvgIpc) is 2.67. The second kappa shape index (κ2) is 9.20. The van der Waals surface area contributed by atoms with Gasteiger partial charge in [-0.2, -0.15) is 0 Å². The number of hydrogen-bond acceptors (Lipinski definition) is 1. The van der Waals surface area contributed by atoms with Crippen molar-refractivity contribution in [1.82, 2.24) is 5.32 Å². The summed E-state index contributed by atoms with van der Waals surface area (Å²) in [7, 11) is 0. The molecular weight excluding hydrogens is 388 g/mol. The highest BCUT2D eigenvalue weighted by atomic mass is 79.9. The molecule has 0 aromatic heterocycles. The van der Waals surface area contributed by atoms with Crippen LogP contribution in [0, 0.1) is 0 Å². The number of para-hydroxylation sites is 1. The summed E-state index contributed by atoms with van der Waals surface area (Å²) >= 11 is 3.48. The van der Waals surface area contributed by atoms with Crippen molar-refractivity contribution in [3.8, 4) is 0 Å². The van der Waals surface area contributed by atoms with Gasteiger partial charge in [0.15, 0.2) is 0 Å². The Morgan fingerprint density at radius 1 is 0.846 bits per heavy atom. The van der Waals surface area contributed by atoms with Crippen molar-refractivity contribution < 1.29 is 4.79 Å². The molecule has 0 aliphatic heterocycles. The number of nitrogens with zero attached hydrogens (tertiary/aromatic N) is 1. The fourth-order valence-electron chi connectivity index (χ4n) is 2.76. The van der Waals surface area contributed by atoms with Crippen molar-refractivity contribution in [3.05, 3.63) is 101 Å². The van der Waals surface area contributed by atoms with E-state index in [2.05, 4.69) is 33.4 Å². The first kappa shape index (κ1) is 18.2. The van der Waals surface area contributed by atoms with Gasteiger partial charge in [0.05, 0.1) is 6.54 Å². The highest BCUT2D eigenvalue weighted by Crippen LogP contribution is 2.17. The molecule has 0 heterocycles. The number of urea groups is 1. The quantitative estimate of drug-likeness (QED) is 0.580. The van der Waals surface area contributed by atoms with Crippen LogP contribution in [0.25, 0.3) is 0 Å². The number of halogens is 1. The van der Waals surface area contributed by atoms with Gasteiger partial charge in [-0.05, 0) is 41.8 Å². The Bertz CT molecular complexity index is 837. The van der Waals surface area contributed by atoms with Gasteiger partial charge in [0.2, 0.25) is 0 Å². The molecule has 0 spiro atoms. The lowest BCUT2D eigenvalue weighted by Crippen LogP contribution is -2.40. The number of amides is 2. The van der Waals surface area contributed by atoms with Crippen LogP contribution in [0.3, 0.4) is 0 Å². The van der Waals surface area contributed by atoms with Crippen LogP contribution < -0.4 is 10.2 Å². The maximum atomic E-state index is 12.8. The fraction of sp³-hybridized carbons (Fsp3) is 0.136. The van der Waals surface area contributed by atoms with E-state index in [1.807, 2.05) is 72.8 Å². The zero-order chi connectivity index (χ0) is 18.2. The molecule has 0 radical (unpaired) electrons. The highest BCUT2D eigenvalue weighted by molar-refractivity contribution is 9.10. The molecule has 0 saturated carbocycles. The van der Waals surface area contributed by atoms with E-state index in [9.17, 15) is 4.79 Å². The topological polar surface area (TPSA) is 32.3 Å². The summed E-state index contributed by atoms with van der Waals surface area (Å²) in [6.07, 6.45) is 0.791. The monoisotopic (exact) mass is 408 g/mol. The first-order valence-corrected chi connectivity index (χ1v) is 9.40. The zero-order valence-corrected chi connectivity index (χ0v) is 16.0. The van der Waals surface area contributed by atoms with E-state index in [4.69, 9.17) is 0 Å². The molecule has 0 aliphatic rings. The number of rotatable bonds is 6. The van der Waals surface area contributed by atoms with Crippen molar-refractivity contribution in [2.24, 2.45) is 0 Å². The zero-order valence-electron chi connectivity index (χ0n) is 14.4. The van der Waals surface area contributed by atoms with E-state index >= 15 is 0 Å². The van der Waals surface area contributed by atoms with Crippen LogP contribution in [0.5, 0.6) is 0 Å². The Hall–Kier alpha value is -2.59. The summed E-state index contributed by atoms with van der Waals surface area (Å²) < 4.78 is 1.05. The molecule has 1 N–H and O–H groups in total. The van der Waals surface area contributed by atoms with Crippen LogP contribution in [0.4, 0.5) is 10.5 Å². The van der Waals surface area contributed by atoms with Crippen molar-refractivity contribution in [2.75, 3.05) is 11.4 Å². The number of carbonyl (C=O) groups is 1. The predicted octanol–water partition coefficient (Wildman–Crippen LogP) is 5.41. The molecule has 0 saturated heterocycles. The van der Waals surface area contributed by atoms with Gasteiger partial charge in [-0.25, -0.2) is 4.79 Å². The molecule has 0 bridgehead atoms. The molecule has 3 nitrogen and oxygen atoms in total. The SMILES string of the molecule is O=C(NCCc1cccc(Br)c1)N(Cc1ccccc1)c1ccccc1. The van der Waals surface area contributed by atoms with Gasteiger partial charge in [-0.1, -0.05) is 76.6 Å². The highest BCUT2D eigenvalue weighted by Gasteiger charge is 2.15. The number of benzene rings is 3. The van der Waals surface area contributed by atoms with Crippen LogP contribution in [0.2, 0.25) is 0 Å². The molecule has 0 atom stereocenters. The molecule has 3 aromatic carbocycles. The molecule has 0 fully saturated rings. The number of carbonyl (C=O) groups excluding carboxylic acids is 1. The third-order valence-electron chi connectivity index (χ3n) is 4.08. The maximum Gasteiger partial charge on any atom is 0.322 e. The second-order valence-corrected chi connectivity index (χ2v) is 6.93. The molecule has 4 heteroatoms. The third kappa shape index (κ3) is 5.20. The molecular formula is C22H21BrN2O. The van der Waals surface area contributed by atoms with Gasteiger partial charge in [0.1, 0.15) is 0 Å². The van der Waals surface area contributed by atoms with Crippen molar-refractivity contribution in [3.63, 3.8) is 0 Å². The summed E-state index contributed by atoms with van der Waals surface area (Å²) in [5, 5.41) is 3.04. The van der Waals surface area contributed by atoms with E-state index in [1.54, 1.807) is 4.90 Å². The van der Waals surface area contributed by atoms with Crippen molar-refractivity contribution >= 4 is 27.6 Å². The molecule has 0 unspecified atom stereocenters. The largest absolute Gasteiger partial charge is 0.337 e. The van der Waals surface area contributed by atoms with E-state index < -0.39 is 0 Å². The van der Waals surface area contributed by atoms with E-state index in [0.29, 0.717) is 13.1 Å². The average molecular weight is 409 g/mol. The summed E-state index contributed by atoms with van der Waals surface area (Å²) in [6, 6.07) is 27.8.